The maximum Gasteiger partial charge on any atom is 0.118 e. The molecule has 0 aromatic heterocycles. The van der Waals surface area contributed by atoms with Crippen LogP contribution in [0.5, 0.6) is 5.75 Å². The summed E-state index contributed by atoms with van der Waals surface area (Å²) < 4.78 is 5.20. The topological polar surface area (TPSA) is 21.3 Å². The standard InChI is InChI=1S/C17H21NOS/c1-18-17(15-8-10-16(19-2)11-9-15)13-20-12-14-6-4-3-5-7-14/h3-11,17-18H,12-13H2,1-2H3. The quantitative estimate of drug-likeness (QED) is 0.835. The summed E-state index contributed by atoms with van der Waals surface area (Å²) in [5.74, 6) is 3.01. The first-order valence-corrected chi connectivity index (χ1v) is 7.92. The second-order valence-electron chi connectivity index (χ2n) is 4.62. The van der Waals surface area contributed by atoms with Gasteiger partial charge in [-0.2, -0.15) is 11.8 Å². The predicted octanol–water partition coefficient (Wildman–Crippen LogP) is 3.89. The summed E-state index contributed by atoms with van der Waals surface area (Å²) >= 11 is 1.95. The highest BCUT2D eigenvalue weighted by atomic mass is 32.2. The largest absolute Gasteiger partial charge is 0.497 e. The zero-order valence-corrected chi connectivity index (χ0v) is 12.8. The zero-order valence-electron chi connectivity index (χ0n) is 12.0. The number of hydrogen-bond acceptors (Lipinski definition) is 3. The number of rotatable bonds is 7. The maximum atomic E-state index is 5.20. The second-order valence-corrected chi connectivity index (χ2v) is 5.65. The Labute approximate surface area is 125 Å². The average molecular weight is 287 g/mol. The highest BCUT2D eigenvalue weighted by Gasteiger charge is 2.09. The molecule has 2 nitrogen and oxygen atoms in total. The normalized spacial score (nSPS) is 12.1. The Morgan fingerprint density at radius 2 is 1.75 bits per heavy atom. The Kier molecular flexibility index (Phi) is 5.96. The van der Waals surface area contributed by atoms with Crippen LogP contribution in [0.3, 0.4) is 0 Å². The number of nitrogens with one attached hydrogen (secondary N) is 1. The van der Waals surface area contributed by atoms with Gasteiger partial charge in [0, 0.05) is 17.5 Å². The van der Waals surface area contributed by atoms with Gasteiger partial charge in [0.05, 0.1) is 7.11 Å². The molecule has 0 saturated carbocycles. The fraction of sp³-hybridized carbons (Fsp3) is 0.294. The molecule has 0 radical (unpaired) electrons. The van der Waals surface area contributed by atoms with Crippen LogP contribution < -0.4 is 10.1 Å². The molecule has 0 saturated heterocycles. The van der Waals surface area contributed by atoms with E-state index in [0.717, 1.165) is 17.3 Å². The molecule has 3 heteroatoms. The third-order valence-electron chi connectivity index (χ3n) is 3.26. The minimum absolute atomic E-state index is 0.370. The number of ether oxygens (including phenoxy) is 1. The Hall–Kier alpha value is -1.45. The van der Waals surface area contributed by atoms with Crippen molar-refractivity contribution in [2.75, 3.05) is 19.9 Å². The van der Waals surface area contributed by atoms with Crippen molar-refractivity contribution in [1.29, 1.82) is 0 Å². The minimum atomic E-state index is 0.370. The molecule has 2 aromatic carbocycles. The van der Waals surface area contributed by atoms with Crippen molar-refractivity contribution < 1.29 is 4.74 Å². The first kappa shape index (κ1) is 14.9. The highest BCUT2D eigenvalue weighted by Crippen LogP contribution is 2.22. The van der Waals surface area contributed by atoms with Gasteiger partial charge in [-0.05, 0) is 30.3 Å². The molecular weight excluding hydrogens is 266 g/mol. The second kappa shape index (κ2) is 7.98. The first-order valence-electron chi connectivity index (χ1n) is 6.76. The van der Waals surface area contributed by atoms with Crippen molar-refractivity contribution in [2.45, 2.75) is 11.8 Å². The van der Waals surface area contributed by atoms with Gasteiger partial charge in [-0.1, -0.05) is 42.5 Å². The first-order chi connectivity index (χ1) is 9.83. The minimum Gasteiger partial charge on any atom is -0.497 e. The molecule has 0 aliphatic rings. The van der Waals surface area contributed by atoms with E-state index in [1.54, 1.807) is 7.11 Å². The fourth-order valence-corrected chi connectivity index (χ4v) is 3.19. The monoisotopic (exact) mass is 287 g/mol. The number of methoxy groups -OCH3 is 1. The summed E-state index contributed by atoms with van der Waals surface area (Å²) in [6.45, 7) is 0. The van der Waals surface area contributed by atoms with E-state index in [-0.39, 0.29) is 0 Å². The van der Waals surface area contributed by atoms with Gasteiger partial charge in [0.25, 0.3) is 0 Å². The molecule has 2 aromatic rings. The summed E-state index contributed by atoms with van der Waals surface area (Å²) in [4.78, 5) is 0. The lowest BCUT2D eigenvalue weighted by atomic mass is 10.1. The molecule has 106 valence electrons. The van der Waals surface area contributed by atoms with Crippen LogP contribution in [0.4, 0.5) is 0 Å². The Morgan fingerprint density at radius 3 is 2.35 bits per heavy atom. The van der Waals surface area contributed by atoms with Gasteiger partial charge >= 0.3 is 0 Å². The van der Waals surface area contributed by atoms with Crippen LogP contribution in [0.15, 0.2) is 54.6 Å². The summed E-state index contributed by atoms with van der Waals surface area (Å²) in [6, 6.07) is 19.2. The molecule has 0 aliphatic heterocycles. The van der Waals surface area contributed by atoms with E-state index in [1.807, 2.05) is 30.9 Å². The summed E-state index contributed by atoms with van der Waals surface area (Å²) in [5, 5.41) is 3.38. The van der Waals surface area contributed by atoms with E-state index < -0.39 is 0 Å². The van der Waals surface area contributed by atoms with Gasteiger partial charge in [-0.3, -0.25) is 0 Å². The van der Waals surface area contributed by atoms with Crippen molar-refractivity contribution in [3.05, 3.63) is 65.7 Å². The van der Waals surface area contributed by atoms with Gasteiger partial charge in [0.15, 0.2) is 0 Å². The van der Waals surface area contributed by atoms with Crippen LogP contribution >= 0.6 is 11.8 Å². The molecule has 0 fully saturated rings. The number of hydrogen-bond donors (Lipinski definition) is 1. The fourth-order valence-electron chi connectivity index (χ4n) is 2.05. The van der Waals surface area contributed by atoms with Crippen LogP contribution in [0.1, 0.15) is 17.2 Å². The lowest BCUT2D eigenvalue weighted by molar-refractivity contribution is 0.414. The summed E-state index contributed by atoms with van der Waals surface area (Å²) in [6.07, 6.45) is 0. The van der Waals surface area contributed by atoms with Crippen LogP contribution in [-0.4, -0.2) is 19.9 Å². The molecule has 2 rings (SSSR count). The summed E-state index contributed by atoms with van der Waals surface area (Å²) in [5.41, 5.74) is 2.68. The van der Waals surface area contributed by atoms with Gasteiger partial charge in [0.2, 0.25) is 0 Å². The van der Waals surface area contributed by atoms with E-state index in [1.165, 1.54) is 11.1 Å². The predicted molar refractivity (Wildman–Crippen MR) is 87.4 cm³/mol. The molecule has 0 aliphatic carbocycles. The third-order valence-corrected chi connectivity index (χ3v) is 4.37. The van der Waals surface area contributed by atoms with E-state index in [9.17, 15) is 0 Å². The van der Waals surface area contributed by atoms with Crippen LogP contribution in [0.2, 0.25) is 0 Å². The van der Waals surface area contributed by atoms with Crippen molar-refractivity contribution in [2.24, 2.45) is 0 Å². The molecule has 1 N–H and O–H groups in total. The van der Waals surface area contributed by atoms with Gasteiger partial charge in [-0.15, -0.1) is 0 Å². The molecule has 1 unspecified atom stereocenters. The third kappa shape index (κ3) is 4.29. The highest BCUT2D eigenvalue weighted by molar-refractivity contribution is 7.98. The Balaban J connectivity index is 1.88. The van der Waals surface area contributed by atoms with E-state index in [4.69, 9.17) is 4.74 Å². The molecular formula is C17H21NOS. The Bertz CT molecular complexity index is 498. The van der Waals surface area contributed by atoms with Crippen molar-refractivity contribution in [3.63, 3.8) is 0 Å². The SMILES string of the molecule is CNC(CSCc1ccccc1)c1ccc(OC)cc1. The smallest absolute Gasteiger partial charge is 0.118 e. The van der Waals surface area contributed by atoms with E-state index in [2.05, 4.69) is 47.8 Å². The van der Waals surface area contributed by atoms with Crippen molar-refractivity contribution in [3.8, 4) is 5.75 Å². The maximum absolute atomic E-state index is 5.20. The van der Waals surface area contributed by atoms with E-state index in [0.29, 0.717) is 6.04 Å². The van der Waals surface area contributed by atoms with E-state index >= 15 is 0 Å². The molecule has 0 heterocycles. The average Bonchev–Trinajstić information content (AvgIpc) is 2.53. The summed E-state index contributed by atoms with van der Waals surface area (Å²) in [7, 11) is 3.71. The van der Waals surface area contributed by atoms with Gasteiger partial charge in [0.1, 0.15) is 5.75 Å². The van der Waals surface area contributed by atoms with Crippen molar-refractivity contribution in [1.82, 2.24) is 5.32 Å². The lowest BCUT2D eigenvalue weighted by Gasteiger charge is -2.16. The van der Waals surface area contributed by atoms with Crippen LogP contribution in [-0.2, 0) is 5.75 Å². The Morgan fingerprint density at radius 1 is 1.05 bits per heavy atom. The van der Waals surface area contributed by atoms with Crippen molar-refractivity contribution >= 4 is 11.8 Å². The molecule has 0 spiro atoms. The molecule has 0 bridgehead atoms. The van der Waals surface area contributed by atoms with Crippen LogP contribution in [0, 0.1) is 0 Å². The molecule has 1 atom stereocenters. The zero-order chi connectivity index (χ0) is 14.2. The molecule has 20 heavy (non-hydrogen) atoms. The lowest BCUT2D eigenvalue weighted by Crippen LogP contribution is -2.18. The molecule has 0 amide bonds. The number of thioether (sulfide) groups is 1. The number of benzene rings is 2. The van der Waals surface area contributed by atoms with Gasteiger partial charge in [-0.25, -0.2) is 0 Å². The van der Waals surface area contributed by atoms with Crippen LogP contribution in [0.25, 0.3) is 0 Å². The van der Waals surface area contributed by atoms with Gasteiger partial charge < -0.3 is 10.1 Å².